The number of aromatic nitrogens is 2. The van der Waals surface area contributed by atoms with E-state index in [1.54, 1.807) is 12.5 Å². The number of hydrogen-bond donors (Lipinski definition) is 2. The number of amides is 1. The van der Waals surface area contributed by atoms with E-state index in [0.29, 0.717) is 12.3 Å². The second-order valence-electron chi connectivity index (χ2n) is 6.03. The molecule has 1 aromatic heterocycles. The lowest BCUT2D eigenvalue weighted by atomic mass is 10.0. The first-order valence-corrected chi connectivity index (χ1v) is 7.61. The molecular formula is C17H26Cl2N4O. The van der Waals surface area contributed by atoms with E-state index in [0.717, 1.165) is 11.3 Å². The minimum Gasteiger partial charge on any atom is -0.348 e. The number of rotatable bonds is 6. The number of imidazole rings is 1. The molecule has 3 N–H and O–H groups in total. The van der Waals surface area contributed by atoms with Gasteiger partial charge in [-0.3, -0.25) is 4.79 Å². The normalized spacial score (nSPS) is 12.7. The summed E-state index contributed by atoms with van der Waals surface area (Å²) in [7, 11) is 0. The summed E-state index contributed by atoms with van der Waals surface area (Å²) in [6.07, 6.45) is 6.07. The fraction of sp³-hybridized carbons (Fsp3) is 0.412. The highest BCUT2D eigenvalue weighted by molar-refractivity contribution is 5.85. The van der Waals surface area contributed by atoms with Gasteiger partial charge in [0.05, 0.1) is 18.4 Å². The third kappa shape index (κ3) is 6.15. The van der Waals surface area contributed by atoms with Gasteiger partial charge in [-0.25, -0.2) is 4.98 Å². The molecule has 1 heterocycles. The minimum atomic E-state index is -0.459. The van der Waals surface area contributed by atoms with Gasteiger partial charge in [0.15, 0.2) is 0 Å². The Bertz CT molecular complexity index is 617. The molecule has 7 heteroatoms. The predicted octanol–water partition coefficient (Wildman–Crippen LogP) is 3.27. The lowest BCUT2D eigenvalue weighted by Gasteiger charge is -2.19. The Kier molecular flexibility index (Phi) is 9.66. The molecule has 0 saturated carbocycles. The number of benzene rings is 1. The number of nitrogens with one attached hydrogen (secondary N) is 1. The molecule has 1 amide bonds. The second-order valence-corrected chi connectivity index (χ2v) is 6.03. The van der Waals surface area contributed by atoms with Gasteiger partial charge >= 0.3 is 0 Å². The summed E-state index contributed by atoms with van der Waals surface area (Å²) in [5.74, 6) is 0.301. The summed E-state index contributed by atoms with van der Waals surface area (Å²) < 4.78 is 1.93. The zero-order valence-electron chi connectivity index (χ0n) is 14.2. The molecule has 0 bridgehead atoms. The van der Waals surface area contributed by atoms with Crippen LogP contribution in [0.1, 0.15) is 38.8 Å². The SMILES string of the molecule is CC(C)C[C@H](N)C(=O)NC(C)c1cccc(-n2ccnc2)c1.Cl.Cl. The van der Waals surface area contributed by atoms with E-state index >= 15 is 0 Å². The van der Waals surface area contributed by atoms with E-state index in [4.69, 9.17) is 5.73 Å². The minimum absolute atomic E-state index is 0. The fourth-order valence-corrected chi connectivity index (χ4v) is 2.39. The van der Waals surface area contributed by atoms with E-state index < -0.39 is 6.04 Å². The highest BCUT2D eigenvalue weighted by Crippen LogP contribution is 2.17. The summed E-state index contributed by atoms with van der Waals surface area (Å²) in [6, 6.07) is 7.47. The van der Waals surface area contributed by atoms with Gasteiger partial charge in [0.1, 0.15) is 0 Å². The highest BCUT2D eigenvalue weighted by Gasteiger charge is 2.17. The van der Waals surface area contributed by atoms with Crippen molar-refractivity contribution < 1.29 is 4.79 Å². The standard InChI is InChI=1S/C17H24N4O.2ClH/c1-12(2)9-16(18)17(22)20-13(3)14-5-4-6-15(10-14)21-8-7-19-11-21;;/h4-8,10-13,16H,9,18H2,1-3H3,(H,20,22);2*1H/t13?,16-;;/m0../s1. The summed E-state index contributed by atoms with van der Waals surface area (Å²) in [5, 5.41) is 2.98. The first-order valence-electron chi connectivity index (χ1n) is 7.61. The topological polar surface area (TPSA) is 72.9 Å². The Morgan fingerprint density at radius 3 is 2.58 bits per heavy atom. The Hall–Kier alpha value is -1.56. The van der Waals surface area contributed by atoms with Crippen LogP contribution in [0.25, 0.3) is 5.69 Å². The van der Waals surface area contributed by atoms with Crippen molar-refractivity contribution in [3.63, 3.8) is 0 Å². The maximum atomic E-state index is 12.1. The number of hydrogen-bond acceptors (Lipinski definition) is 3. The third-order valence-corrected chi connectivity index (χ3v) is 3.59. The monoisotopic (exact) mass is 372 g/mol. The van der Waals surface area contributed by atoms with Crippen LogP contribution in [0, 0.1) is 5.92 Å². The van der Waals surface area contributed by atoms with Crippen molar-refractivity contribution in [1.82, 2.24) is 14.9 Å². The zero-order valence-corrected chi connectivity index (χ0v) is 15.8. The van der Waals surface area contributed by atoms with Crippen LogP contribution in [0.2, 0.25) is 0 Å². The number of carbonyl (C=O) groups is 1. The first-order chi connectivity index (χ1) is 10.5. The lowest BCUT2D eigenvalue weighted by molar-refractivity contribution is -0.123. The summed E-state index contributed by atoms with van der Waals surface area (Å²) >= 11 is 0. The summed E-state index contributed by atoms with van der Waals surface area (Å²) in [6.45, 7) is 6.09. The molecular weight excluding hydrogens is 347 g/mol. The largest absolute Gasteiger partial charge is 0.348 e. The van der Waals surface area contributed by atoms with Crippen LogP contribution in [-0.4, -0.2) is 21.5 Å². The average molecular weight is 373 g/mol. The van der Waals surface area contributed by atoms with Gasteiger partial charge in [0.25, 0.3) is 0 Å². The summed E-state index contributed by atoms with van der Waals surface area (Å²) in [5.41, 5.74) is 7.98. The van der Waals surface area contributed by atoms with Crippen molar-refractivity contribution in [2.75, 3.05) is 0 Å². The molecule has 134 valence electrons. The molecule has 0 spiro atoms. The fourth-order valence-electron chi connectivity index (χ4n) is 2.39. The van der Waals surface area contributed by atoms with Crippen molar-refractivity contribution >= 4 is 30.7 Å². The van der Waals surface area contributed by atoms with Crippen molar-refractivity contribution in [2.24, 2.45) is 11.7 Å². The van der Waals surface area contributed by atoms with Crippen LogP contribution in [0.4, 0.5) is 0 Å². The van der Waals surface area contributed by atoms with Crippen molar-refractivity contribution in [2.45, 2.75) is 39.3 Å². The Labute approximate surface area is 155 Å². The average Bonchev–Trinajstić information content (AvgIpc) is 3.00. The van der Waals surface area contributed by atoms with Crippen LogP contribution >= 0.6 is 24.8 Å². The van der Waals surface area contributed by atoms with Gasteiger partial charge in [-0.05, 0) is 37.0 Å². The molecule has 2 rings (SSSR count). The molecule has 0 aliphatic rings. The van der Waals surface area contributed by atoms with Gasteiger partial charge in [0.2, 0.25) is 5.91 Å². The lowest BCUT2D eigenvalue weighted by Crippen LogP contribution is -2.42. The Balaban J connectivity index is 0.00000264. The molecule has 24 heavy (non-hydrogen) atoms. The molecule has 0 saturated heterocycles. The number of nitrogens with two attached hydrogens (primary N) is 1. The van der Waals surface area contributed by atoms with E-state index in [-0.39, 0.29) is 36.8 Å². The quantitative estimate of drug-likeness (QED) is 0.816. The van der Waals surface area contributed by atoms with Crippen LogP contribution in [0.3, 0.4) is 0 Å². The predicted molar refractivity (Wildman–Crippen MR) is 102 cm³/mol. The summed E-state index contributed by atoms with van der Waals surface area (Å²) in [4.78, 5) is 16.2. The van der Waals surface area contributed by atoms with Gasteiger partial charge in [-0.15, -0.1) is 24.8 Å². The Morgan fingerprint density at radius 2 is 2.00 bits per heavy atom. The van der Waals surface area contributed by atoms with Crippen LogP contribution in [0.5, 0.6) is 0 Å². The van der Waals surface area contributed by atoms with E-state index in [1.165, 1.54) is 0 Å². The number of nitrogens with zero attached hydrogens (tertiary/aromatic N) is 2. The van der Waals surface area contributed by atoms with Crippen molar-refractivity contribution in [3.8, 4) is 5.69 Å². The van der Waals surface area contributed by atoms with Gasteiger partial charge in [-0.1, -0.05) is 26.0 Å². The van der Waals surface area contributed by atoms with Gasteiger partial charge < -0.3 is 15.6 Å². The molecule has 0 fully saturated rings. The van der Waals surface area contributed by atoms with Crippen molar-refractivity contribution in [3.05, 3.63) is 48.5 Å². The van der Waals surface area contributed by atoms with E-state index in [2.05, 4.69) is 24.1 Å². The van der Waals surface area contributed by atoms with Crippen LogP contribution in [0.15, 0.2) is 43.0 Å². The molecule has 2 atom stereocenters. The third-order valence-electron chi connectivity index (χ3n) is 3.59. The maximum Gasteiger partial charge on any atom is 0.237 e. The van der Waals surface area contributed by atoms with Crippen LogP contribution in [-0.2, 0) is 4.79 Å². The first kappa shape index (κ1) is 22.4. The van der Waals surface area contributed by atoms with E-state index in [9.17, 15) is 4.79 Å². The van der Waals surface area contributed by atoms with E-state index in [1.807, 2.05) is 42.0 Å². The maximum absolute atomic E-state index is 12.1. The number of halogens is 2. The Morgan fingerprint density at radius 1 is 1.29 bits per heavy atom. The zero-order chi connectivity index (χ0) is 16.1. The molecule has 2 aromatic rings. The molecule has 1 aromatic carbocycles. The molecule has 0 aliphatic heterocycles. The number of carbonyl (C=O) groups excluding carboxylic acids is 1. The smallest absolute Gasteiger partial charge is 0.237 e. The van der Waals surface area contributed by atoms with Crippen molar-refractivity contribution in [1.29, 1.82) is 0 Å². The molecule has 1 unspecified atom stereocenters. The van der Waals surface area contributed by atoms with Gasteiger partial charge in [0, 0.05) is 18.1 Å². The second kappa shape index (κ2) is 10.3. The highest BCUT2D eigenvalue weighted by atomic mass is 35.5. The molecule has 0 aliphatic carbocycles. The molecule has 5 nitrogen and oxygen atoms in total. The van der Waals surface area contributed by atoms with Crippen LogP contribution < -0.4 is 11.1 Å². The van der Waals surface area contributed by atoms with Gasteiger partial charge in [-0.2, -0.15) is 0 Å². The molecule has 0 radical (unpaired) electrons.